The topological polar surface area (TPSA) is 54.5 Å². The van der Waals surface area contributed by atoms with E-state index < -0.39 is 14.8 Å². The zero-order chi connectivity index (χ0) is 11.0. The van der Waals surface area contributed by atoms with E-state index in [1.807, 2.05) is 0 Å². The number of hydrogen-bond acceptors (Lipinski definition) is 3. The van der Waals surface area contributed by atoms with E-state index >= 15 is 0 Å². The summed E-state index contributed by atoms with van der Waals surface area (Å²) in [5.74, 6) is -0.0532. The minimum Gasteiger partial charge on any atom is -0.272 e. The number of amides is 1. The lowest BCUT2D eigenvalue weighted by atomic mass is 10.2. The van der Waals surface area contributed by atoms with Crippen LogP contribution in [0.25, 0.3) is 0 Å². The van der Waals surface area contributed by atoms with E-state index in [4.69, 9.17) is 11.6 Å². The number of hydrogen-bond donors (Lipinski definition) is 0. The molecule has 0 aromatic carbocycles. The first-order valence-electron chi connectivity index (χ1n) is 4.13. The number of alkyl halides is 1. The molecule has 1 fully saturated rings. The maximum absolute atomic E-state index is 11.5. The van der Waals surface area contributed by atoms with Gasteiger partial charge in [-0.15, -0.1) is 11.6 Å². The molecule has 0 saturated carbocycles. The van der Waals surface area contributed by atoms with Crippen molar-refractivity contribution in [1.29, 1.82) is 0 Å². The van der Waals surface area contributed by atoms with Crippen LogP contribution in [0.2, 0.25) is 0 Å². The standard InChI is InChI=1S/C8H12ClNO3S/c1-8(2)7(11)10(14(8,12)13)6-4-3-5-9/h3-4H,5-6H2,1-2H3. The van der Waals surface area contributed by atoms with Gasteiger partial charge in [-0.2, -0.15) is 0 Å². The van der Waals surface area contributed by atoms with Crippen molar-refractivity contribution in [3.8, 4) is 0 Å². The third-order valence-corrected chi connectivity index (χ3v) is 4.74. The third-order valence-electron chi connectivity index (χ3n) is 2.20. The molecule has 4 nitrogen and oxygen atoms in total. The molecule has 1 saturated heterocycles. The van der Waals surface area contributed by atoms with Crippen LogP contribution in [0.15, 0.2) is 12.2 Å². The average Bonchev–Trinajstić information content (AvgIpc) is 2.11. The van der Waals surface area contributed by atoms with Gasteiger partial charge in [0.1, 0.15) is 0 Å². The lowest BCUT2D eigenvalue weighted by Crippen LogP contribution is -2.67. The van der Waals surface area contributed by atoms with E-state index in [9.17, 15) is 13.2 Å². The second-order valence-corrected chi connectivity index (χ2v) is 6.20. The monoisotopic (exact) mass is 237 g/mol. The normalized spacial score (nSPS) is 23.9. The summed E-state index contributed by atoms with van der Waals surface area (Å²) in [5.41, 5.74) is 0. The van der Waals surface area contributed by atoms with Gasteiger partial charge in [0.2, 0.25) is 0 Å². The Morgan fingerprint density at radius 3 is 2.43 bits per heavy atom. The highest BCUT2D eigenvalue weighted by Gasteiger charge is 2.59. The molecule has 0 spiro atoms. The molecule has 0 aromatic rings. The number of allylic oxidation sites excluding steroid dienone is 1. The fourth-order valence-electron chi connectivity index (χ4n) is 1.17. The fraction of sp³-hybridized carbons (Fsp3) is 0.625. The highest BCUT2D eigenvalue weighted by atomic mass is 35.5. The summed E-state index contributed by atoms with van der Waals surface area (Å²) in [6.45, 7) is 2.90. The van der Waals surface area contributed by atoms with Crippen LogP contribution in [0.4, 0.5) is 0 Å². The number of nitrogens with zero attached hydrogens (tertiary/aromatic N) is 1. The summed E-state index contributed by atoms with van der Waals surface area (Å²) in [6.07, 6.45) is 3.17. The Morgan fingerprint density at radius 1 is 1.43 bits per heavy atom. The fourth-order valence-corrected chi connectivity index (χ4v) is 2.78. The maximum Gasteiger partial charge on any atom is 0.259 e. The second kappa shape index (κ2) is 3.55. The molecule has 1 rings (SSSR count). The molecule has 0 radical (unpaired) electrons. The van der Waals surface area contributed by atoms with E-state index in [1.165, 1.54) is 13.8 Å². The van der Waals surface area contributed by atoms with Crippen LogP contribution in [-0.2, 0) is 14.8 Å². The SMILES string of the molecule is CC1(C)C(=O)N(CC=CCCl)S1(=O)=O. The molecular formula is C8H12ClNO3S. The first-order valence-corrected chi connectivity index (χ1v) is 6.11. The molecule has 1 aliphatic heterocycles. The second-order valence-electron chi connectivity index (χ2n) is 3.48. The third kappa shape index (κ3) is 1.44. The number of rotatable bonds is 3. The van der Waals surface area contributed by atoms with Crippen molar-refractivity contribution >= 4 is 27.5 Å². The summed E-state index contributed by atoms with van der Waals surface area (Å²) in [7, 11) is -3.44. The van der Waals surface area contributed by atoms with Gasteiger partial charge in [0.05, 0.1) is 6.54 Å². The Hall–Kier alpha value is -0.550. The van der Waals surface area contributed by atoms with Crippen molar-refractivity contribution < 1.29 is 13.2 Å². The molecule has 0 atom stereocenters. The first-order chi connectivity index (χ1) is 6.35. The largest absolute Gasteiger partial charge is 0.272 e. The van der Waals surface area contributed by atoms with Gasteiger partial charge in [-0.25, -0.2) is 12.7 Å². The Labute approximate surface area is 88.6 Å². The van der Waals surface area contributed by atoms with Gasteiger partial charge < -0.3 is 0 Å². The molecule has 14 heavy (non-hydrogen) atoms. The van der Waals surface area contributed by atoms with Gasteiger partial charge in [-0.1, -0.05) is 12.2 Å². The van der Waals surface area contributed by atoms with Gasteiger partial charge in [-0.05, 0) is 13.8 Å². The van der Waals surface area contributed by atoms with E-state index in [2.05, 4.69) is 0 Å². The van der Waals surface area contributed by atoms with Gasteiger partial charge in [0, 0.05) is 5.88 Å². The molecule has 0 aromatic heterocycles. The molecule has 1 aliphatic rings. The van der Waals surface area contributed by atoms with Crippen LogP contribution in [0.5, 0.6) is 0 Å². The number of sulfonamides is 1. The van der Waals surface area contributed by atoms with Crippen molar-refractivity contribution in [3.05, 3.63) is 12.2 Å². The first kappa shape index (κ1) is 11.5. The minimum absolute atomic E-state index is 0.0807. The van der Waals surface area contributed by atoms with Crippen LogP contribution in [0.1, 0.15) is 13.8 Å². The molecule has 1 amide bonds. The van der Waals surface area contributed by atoms with Crippen LogP contribution in [0.3, 0.4) is 0 Å². The Balaban J connectivity index is 2.77. The average molecular weight is 238 g/mol. The predicted molar refractivity (Wildman–Crippen MR) is 54.6 cm³/mol. The van der Waals surface area contributed by atoms with E-state index in [1.54, 1.807) is 12.2 Å². The molecule has 80 valence electrons. The molecule has 6 heteroatoms. The van der Waals surface area contributed by atoms with Crippen LogP contribution in [-0.4, -0.2) is 35.8 Å². The van der Waals surface area contributed by atoms with Crippen molar-refractivity contribution in [3.63, 3.8) is 0 Å². The van der Waals surface area contributed by atoms with Crippen LogP contribution < -0.4 is 0 Å². The summed E-state index contributed by atoms with van der Waals surface area (Å²) in [5, 5.41) is 0. The van der Waals surface area contributed by atoms with E-state index in [0.717, 1.165) is 4.31 Å². The molecule has 1 heterocycles. The van der Waals surface area contributed by atoms with Crippen molar-refractivity contribution in [2.24, 2.45) is 0 Å². The van der Waals surface area contributed by atoms with E-state index in [0.29, 0.717) is 5.88 Å². The zero-order valence-electron chi connectivity index (χ0n) is 8.03. The van der Waals surface area contributed by atoms with Gasteiger partial charge in [0.15, 0.2) is 4.75 Å². The van der Waals surface area contributed by atoms with Crippen molar-refractivity contribution in [2.75, 3.05) is 12.4 Å². The van der Waals surface area contributed by atoms with Crippen LogP contribution >= 0.6 is 11.6 Å². The molecule has 0 bridgehead atoms. The van der Waals surface area contributed by atoms with Gasteiger partial charge >= 0.3 is 0 Å². The Morgan fingerprint density at radius 2 is 2.00 bits per heavy atom. The number of carbonyl (C=O) groups is 1. The molecular weight excluding hydrogens is 226 g/mol. The molecule has 0 aliphatic carbocycles. The Kier molecular flexibility index (Phi) is 2.92. The lowest BCUT2D eigenvalue weighted by molar-refractivity contribution is -0.131. The summed E-state index contributed by atoms with van der Waals surface area (Å²) in [4.78, 5) is 11.4. The molecule has 0 unspecified atom stereocenters. The lowest BCUT2D eigenvalue weighted by Gasteiger charge is -2.42. The van der Waals surface area contributed by atoms with Crippen molar-refractivity contribution in [1.82, 2.24) is 4.31 Å². The Bertz CT molecular complexity index is 372. The minimum atomic E-state index is -3.44. The van der Waals surface area contributed by atoms with E-state index in [-0.39, 0.29) is 12.5 Å². The summed E-state index contributed by atoms with van der Waals surface area (Å²) >= 11 is 5.37. The number of halogens is 1. The predicted octanol–water partition coefficient (Wildman–Crippen LogP) is 0.732. The maximum atomic E-state index is 11.5. The highest BCUT2D eigenvalue weighted by Crippen LogP contribution is 2.34. The highest BCUT2D eigenvalue weighted by molar-refractivity contribution is 7.94. The quantitative estimate of drug-likeness (QED) is 0.537. The van der Waals surface area contributed by atoms with Gasteiger partial charge in [-0.3, -0.25) is 4.79 Å². The zero-order valence-corrected chi connectivity index (χ0v) is 9.60. The van der Waals surface area contributed by atoms with Gasteiger partial charge in [0.25, 0.3) is 15.9 Å². The summed E-state index contributed by atoms with van der Waals surface area (Å²) in [6, 6.07) is 0. The van der Waals surface area contributed by atoms with Crippen LogP contribution in [0, 0.1) is 0 Å². The van der Waals surface area contributed by atoms with Crippen molar-refractivity contribution in [2.45, 2.75) is 18.6 Å². The smallest absolute Gasteiger partial charge is 0.259 e. The summed E-state index contributed by atoms with van der Waals surface area (Å²) < 4.78 is 22.6. The molecule has 0 N–H and O–H groups in total. The number of carbonyl (C=O) groups excluding carboxylic acids is 1.